The van der Waals surface area contributed by atoms with E-state index in [0.29, 0.717) is 23.5 Å². The van der Waals surface area contributed by atoms with Crippen molar-refractivity contribution in [3.05, 3.63) is 57.0 Å². The summed E-state index contributed by atoms with van der Waals surface area (Å²) < 4.78 is 8.26. The minimum Gasteiger partial charge on any atom is -0.463 e. The van der Waals surface area contributed by atoms with E-state index < -0.39 is 0 Å². The van der Waals surface area contributed by atoms with E-state index in [2.05, 4.69) is 10.4 Å². The zero-order chi connectivity index (χ0) is 16.7. The SMILES string of the molecule is Cc1nn(CC(=O)NCc2cccs2)c(=O)c2cc3occc3n12. The summed E-state index contributed by atoms with van der Waals surface area (Å²) in [6.45, 7) is 2.12. The molecular formula is C16H14N4O3S. The molecular weight excluding hydrogens is 328 g/mol. The van der Waals surface area contributed by atoms with Crippen LogP contribution in [0.2, 0.25) is 0 Å². The first-order chi connectivity index (χ1) is 11.6. The van der Waals surface area contributed by atoms with E-state index >= 15 is 0 Å². The summed E-state index contributed by atoms with van der Waals surface area (Å²) in [4.78, 5) is 25.7. The Bertz CT molecular complexity index is 1090. The van der Waals surface area contributed by atoms with Gasteiger partial charge in [-0.15, -0.1) is 11.3 Å². The average Bonchev–Trinajstić information content (AvgIpc) is 3.26. The average molecular weight is 342 g/mol. The van der Waals surface area contributed by atoms with Crippen LogP contribution < -0.4 is 10.9 Å². The molecule has 24 heavy (non-hydrogen) atoms. The van der Waals surface area contributed by atoms with E-state index in [9.17, 15) is 9.59 Å². The first kappa shape index (κ1) is 14.7. The van der Waals surface area contributed by atoms with Crippen LogP contribution in [0.3, 0.4) is 0 Å². The fourth-order valence-electron chi connectivity index (χ4n) is 2.73. The molecule has 0 bridgehead atoms. The number of aryl methyl sites for hydroxylation is 1. The van der Waals surface area contributed by atoms with E-state index in [1.807, 2.05) is 17.5 Å². The summed E-state index contributed by atoms with van der Waals surface area (Å²) in [5.74, 6) is 0.365. The van der Waals surface area contributed by atoms with Crippen LogP contribution in [0.15, 0.2) is 45.1 Å². The molecule has 122 valence electrons. The Morgan fingerprint density at radius 1 is 1.38 bits per heavy atom. The lowest BCUT2D eigenvalue weighted by Gasteiger charge is -2.08. The summed E-state index contributed by atoms with van der Waals surface area (Å²) in [6.07, 6.45) is 1.57. The lowest BCUT2D eigenvalue weighted by molar-refractivity contribution is -0.122. The van der Waals surface area contributed by atoms with Gasteiger partial charge in [0.05, 0.1) is 18.3 Å². The Kier molecular flexibility index (Phi) is 3.46. The Balaban J connectivity index is 1.63. The molecule has 0 atom stereocenters. The molecule has 4 heterocycles. The molecule has 7 nitrogen and oxygen atoms in total. The van der Waals surface area contributed by atoms with Crippen molar-refractivity contribution in [1.82, 2.24) is 19.5 Å². The molecule has 0 unspecified atom stereocenters. The van der Waals surface area contributed by atoms with E-state index in [1.165, 1.54) is 4.68 Å². The third kappa shape index (κ3) is 2.41. The van der Waals surface area contributed by atoms with Gasteiger partial charge in [-0.25, -0.2) is 4.68 Å². The molecule has 8 heteroatoms. The second-order valence-electron chi connectivity index (χ2n) is 5.40. The maximum atomic E-state index is 12.6. The van der Waals surface area contributed by atoms with Gasteiger partial charge in [0.2, 0.25) is 5.91 Å². The number of hydrogen-bond acceptors (Lipinski definition) is 5. The van der Waals surface area contributed by atoms with Crippen molar-refractivity contribution in [2.45, 2.75) is 20.0 Å². The normalized spacial score (nSPS) is 11.4. The standard InChI is InChI=1S/C16H14N4O3S/c1-10-18-19(9-15(21)17-8-11-3-2-6-24-11)16(22)13-7-14-12(20(10)13)4-5-23-14/h2-7H,8-9H2,1H3,(H,17,21). The van der Waals surface area contributed by atoms with Crippen LogP contribution in [-0.4, -0.2) is 20.1 Å². The van der Waals surface area contributed by atoms with Crippen molar-refractivity contribution in [2.75, 3.05) is 0 Å². The molecule has 0 aliphatic heterocycles. The van der Waals surface area contributed by atoms with Gasteiger partial charge >= 0.3 is 0 Å². The van der Waals surface area contributed by atoms with Gasteiger partial charge in [-0.05, 0) is 18.4 Å². The maximum absolute atomic E-state index is 12.6. The van der Waals surface area contributed by atoms with Gasteiger partial charge in [0.25, 0.3) is 5.56 Å². The van der Waals surface area contributed by atoms with Crippen molar-refractivity contribution >= 4 is 33.9 Å². The van der Waals surface area contributed by atoms with Crippen LogP contribution in [0.25, 0.3) is 16.6 Å². The van der Waals surface area contributed by atoms with Crippen molar-refractivity contribution < 1.29 is 9.21 Å². The lowest BCUT2D eigenvalue weighted by atomic mass is 10.4. The largest absolute Gasteiger partial charge is 0.463 e. The first-order valence-corrected chi connectivity index (χ1v) is 8.27. The third-order valence-electron chi connectivity index (χ3n) is 3.80. The summed E-state index contributed by atoms with van der Waals surface area (Å²) >= 11 is 1.57. The molecule has 4 aromatic rings. The monoisotopic (exact) mass is 342 g/mol. The number of carbonyl (C=O) groups is 1. The predicted molar refractivity (Wildman–Crippen MR) is 90.1 cm³/mol. The van der Waals surface area contributed by atoms with Crippen LogP contribution in [0.5, 0.6) is 0 Å². The van der Waals surface area contributed by atoms with Crippen LogP contribution in [0.1, 0.15) is 10.7 Å². The molecule has 4 rings (SSSR count). The highest BCUT2D eigenvalue weighted by molar-refractivity contribution is 7.09. The van der Waals surface area contributed by atoms with Crippen molar-refractivity contribution in [3.8, 4) is 0 Å². The second kappa shape index (κ2) is 5.64. The molecule has 0 aromatic carbocycles. The van der Waals surface area contributed by atoms with Crippen molar-refractivity contribution in [3.63, 3.8) is 0 Å². The molecule has 0 fully saturated rings. The number of amides is 1. The molecule has 4 aromatic heterocycles. The summed E-state index contributed by atoms with van der Waals surface area (Å²) in [5.41, 5.74) is 1.54. The maximum Gasteiger partial charge on any atom is 0.291 e. The number of hydrogen-bond donors (Lipinski definition) is 1. The quantitative estimate of drug-likeness (QED) is 0.614. The molecule has 0 aliphatic carbocycles. The fraction of sp³-hybridized carbons (Fsp3) is 0.188. The fourth-order valence-corrected chi connectivity index (χ4v) is 3.37. The Morgan fingerprint density at radius 3 is 3.04 bits per heavy atom. The summed E-state index contributed by atoms with van der Waals surface area (Å²) in [7, 11) is 0. The van der Waals surface area contributed by atoms with Gasteiger partial charge in [-0.2, -0.15) is 5.10 Å². The van der Waals surface area contributed by atoms with E-state index in [1.54, 1.807) is 41.1 Å². The topological polar surface area (TPSA) is 81.5 Å². The van der Waals surface area contributed by atoms with Crippen LogP contribution in [0, 0.1) is 6.92 Å². The number of thiophene rings is 1. The minimum atomic E-state index is -0.321. The summed E-state index contributed by atoms with van der Waals surface area (Å²) in [6, 6.07) is 7.33. The number of carbonyl (C=O) groups excluding carboxylic acids is 1. The van der Waals surface area contributed by atoms with Gasteiger partial charge < -0.3 is 9.73 Å². The molecule has 0 radical (unpaired) electrons. The van der Waals surface area contributed by atoms with Gasteiger partial charge in [0.1, 0.15) is 17.9 Å². The molecule has 1 amide bonds. The number of nitrogens with zero attached hydrogens (tertiary/aromatic N) is 3. The Morgan fingerprint density at radius 2 is 2.25 bits per heavy atom. The van der Waals surface area contributed by atoms with Crippen LogP contribution in [0.4, 0.5) is 0 Å². The predicted octanol–water partition coefficient (Wildman–Crippen LogP) is 1.93. The summed E-state index contributed by atoms with van der Waals surface area (Å²) in [5, 5.41) is 9.00. The van der Waals surface area contributed by atoms with E-state index in [-0.39, 0.29) is 18.0 Å². The molecule has 1 N–H and O–H groups in total. The van der Waals surface area contributed by atoms with Gasteiger partial charge in [0.15, 0.2) is 5.58 Å². The van der Waals surface area contributed by atoms with Crippen LogP contribution >= 0.6 is 11.3 Å². The Hall–Kier alpha value is -2.87. The second-order valence-corrected chi connectivity index (χ2v) is 6.43. The zero-order valence-electron chi connectivity index (χ0n) is 12.9. The lowest BCUT2D eigenvalue weighted by Crippen LogP contribution is -2.34. The highest BCUT2D eigenvalue weighted by Gasteiger charge is 2.15. The van der Waals surface area contributed by atoms with E-state index in [4.69, 9.17) is 4.42 Å². The van der Waals surface area contributed by atoms with E-state index in [0.717, 1.165) is 10.4 Å². The molecule has 0 saturated heterocycles. The van der Waals surface area contributed by atoms with Crippen molar-refractivity contribution in [1.29, 1.82) is 0 Å². The number of nitrogens with one attached hydrogen (secondary N) is 1. The highest BCUT2D eigenvalue weighted by Crippen LogP contribution is 2.19. The van der Waals surface area contributed by atoms with Crippen molar-refractivity contribution in [2.24, 2.45) is 0 Å². The Labute approximate surface area is 140 Å². The number of rotatable bonds is 4. The molecule has 0 saturated carbocycles. The first-order valence-electron chi connectivity index (χ1n) is 7.39. The van der Waals surface area contributed by atoms with Crippen LogP contribution in [-0.2, 0) is 17.9 Å². The molecule has 0 spiro atoms. The number of aromatic nitrogens is 3. The number of fused-ring (bicyclic) bond motifs is 3. The third-order valence-corrected chi connectivity index (χ3v) is 4.68. The molecule has 0 aliphatic rings. The van der Waals surface area contributed by atoms with Gasteiger partial charge in [0, 0.05) is 17.0 Å². The number of furan rings is 1. The minimum absolute atomic E-state index is 0.117. The van der Waals surface area contributed by atoms with Gasteiger partial charge in [-0.1, -0.05) is 6.07 Å². The zero-order valence-corrected chi connectivity index (χ0v) is 13.7. The smallest absolute Gasteiger partial charge is 0.291 e. The highest BCUT2D eigenvalue weighted by atomic mass is 32.1. The van der Waals surface area contributed by atoms with Gasteiger partial charge in [-0.3, -0.25) is 14.0 Å².